The second kappa shape index (κ2) is 7.27. The summed E-state index contributed by atoms with van der Waals surface area (Å²) in [5.41, 5.74) is 2.06. The summed E-state index contributed by atoms with van der Waals surface area (Å²) >= 11 is 1.17. The number of amides is 1. The number of hydrogen-bond donors (Lipinski definition) is 2. The summed E-state index contributed by atoms with van der Waals surface area (Å²) < 4.78 is 12.9. The van der Waals surface area contributed by atoms with E-state index in [0.29, 0.717) is 16.1 Å². The van der Waals surface area contributed by atoms with E-state index in [0.717, 1.165) is 5.56 Å². The van der Waals surface area contributed by atoms with E-state index in [2.05, 4.69) is 5.32 Å². The van der Waals surface area contributed by atoms with Crippen LogP contribution in [0, 0.1) is 5.82 Å². The number of carbonyl (C=O) groups excluding carboxylic acids is 1. The number of halogens is 1. The summed E-state index contributed by atoms with van der Waals surface area (Å²) in [6, 6.07) is 14.7. The van der Waals surface area contributed by atoms with Gasteiger partial charge in [0.2, 0.25) is 5.91 Å². The zero-order valence-electron chi connectivity index (χ0n) is 13.0. The molecule has 0 aliphatic rings. The molecule has 0 saturated heterocycles. The minimum Gasteiger partial charge on any atom is -0.478 e. The Morgan fingerprint density at radius 1 is 1.04 bits per heavy atom. The molecule has 0 atom stereocenters. The Morgan fingerprint density at radius 3 is 2.36 bits per heavy atom. The Balaban J connectivity index is 1.83. The van der Waals surface area contributed by atoms with Gasteiger partial charge in [-0.3, -0.25) is 4.79 Å². The van der Waals surface area contributed by atoms with Crippen molar-refractivity contribution in [2.24, 2.45) is 0 Å². The van der Waals surface area contributed by atoms with E-state index in [1.807, 2.05) is 30.3 Å². The molecule has 0 fully saturated rings. The van der Waals surface area contributed by atoms with E-state index in [4.69, 9.17) is 0 Å². The Kier molecular flexibility index (Phi) is 4.90. The molecule has 1 aromatic heterocycles. The molecule has 1 amide bonds. The van der Waals surface area contributed by atoms with Crippen molar-refractivity contribution in [3.63, 3.8) is 0 Å². The lowest BCUT2D eigenvalue weighted by Crippen LogP contribution is -2.15. The molecule has 126 valence electrons. The molecular formula is C19H14FNO3S. The van der Waals surface area contributed by atoms with E-state index in [1.165, 1.54) is 35.6 Å². The fraction of sp³-hybridized carbons (Fsp3) is 0.0526. The molecule has 1 heterocycles. The van der Waals surface area contributed by atoms with Crippen LogP contribution in [0.5, 0.6) is 0 Å². The average molecular weight is 355 g/mol. The Labute approximate surface area is 147 Å². The van der Waals surface area contributed by atoms with E-state index in [1.54, 1.807) is 5.38 Å². The third-order valence-corrected chi connectivity index (χ3v) is 4.52. The molecule has 6 heteroatoms. The molecule has 3 aromatic rings. The fourth-order valence-corrected chi connectivity index (χ4v) is 3.43. The quantitative estimate of drug-likeness (QED) is 0.711. The van der Waals surface area contributed by atoms with Crippen molar-refractivity contribution >= 4 is 28.2 Å². The van der Waals surface area contributed by atoms with E-state index in [-0.39, 0.29) is 23.7 Å². The molecular weight excluding hydrogens is 341 g/mol. The molecule has 0 unspecified atom stereocenters. The van der Waals surface area contributed by atoms with Gasteiger partial charge in [-0.1, -0.05) is 42.5 Å². The van der Waals surface area contributed by atoms with Crippen LogP contribution in [0.1, 0.15) is 15.9 Å². The zero-order chi connectivity index (χ0) is 17.8. The van der Waals surface area contributed by atoms with Crippen molar-refractivity contribution in [2.45, 2.75) is 6.42 Å². The average Bonchev–Trinajstić information content (AvgIpc) is 3.01. The van der Waals surface area contributed by atoms with Crippen molar-refractivity contribution in [2.75, 3.05) is 5.32 Å². The van der Waals surface area contributed by atoms with Gasteiger partial charge in [0.25, 0.3) is 0 Å². The first kappa shape index (κ1) is 16.9. The van der Waals surface area contributed by atoms with Crippen molar-refractivity contribution in [1.82, 2.24) is 0 Å². The third-order valence-electron chi connectivity index (χ3n) is 3.62. The van der Waals surface area contributed by atoms with Crippen LogP contribution in [0.15, 0.2) is 60.0 Å². The van der Waals surface area contributed by atoms with Gasteiger partial charge in [-0.2, -0.15) is 0 Å². The second-order valence-electron chi connectivity index (χ2n) is 5.38. The number of carboxylic acid groups (broad SMARTS) is 1. The standard InChI is InChI=1S/C19H14FNO3S/c20-14-8-6-12(7-9-14)10-16(22)21-18-17(19(23)24)15(11-25-18)13-4-2-1-3-5-13/h1-9,11H,10H2,(H,21,22)(H,23,24). The highest BCUT2D eigenvalue weighted by Crippen LogP contribution is 2.35. The van der Waals surface area contributed by atoms with Crippen LogP contribution < -0.4 is 5.32 Å². The maximum atomic E-state index is 12.9. The van der Waals surface area contributed by atoms with Crippen LogP contribution in [0.25, 0.3) is 11.1 Å². The predicted octanol–water partition coefficient (Wildman–Crippen LogP) is 4.43. The van der Waals surface area contributed by atoms with Gasteiger partial charge < -0.3 is 10.4 Å². The summed E-state index contributed by atoms with van der Waals surface area (Å²) in [7, 11) is 0. The molecule has 25 heavy (non-hydrogen) atoms. The number of hydrogen-bond acceptors (Lipinski definition) is 3. The largest absolute Gasteiger partial charge is 0.478 e. The number of anilines is 1. The van der Waals surface area contributed by atoms with E-state index < -0.39 is 5.97 Å². The van der Waals surface area contributed by atoms with E-state index >= 15 is 0 Å². The molecule has 0 aliphatic heterocycles. The minimum atomic E-state index is -1.10. The van der Waals surface area contributed by atoms with E-state index in [9.17, 15) is 19.1 Å². The summed E-state index contributed by atoms with van der Waals surface area (Å²) in [5.74, 6) is -1.82. The normalized spacial score (nSPS) is 10.4. The number of carboxylic acids is 1. The Morgan fingerprint density at radius 2 is 1.72 bits per heavy atom. The Hall–Kier alpha value is -2.99. The van der Waals surface area contributed by atoms with Crippen LogP contribution in [-0.2, 0) is 11.2 Å². The van der Waals surface area contributed by atoms with Crippen molar-refractivity contribution < 1.29 is 19.1 Å². The van der Waals surface area contributed by atoms with Crippen LogP contribution in [0.3, 0.4) is 0 Å². The molecule has 0 spiro atoms. The van der Waals surface area contributed by atoms with Gasteiger partial charge in [-0.25, -0.2) is 9.18 Å². The summed E-state index contributed by atoms with van der Waals surface area (Å²) in [4.78, 5) is 23.9. The maximum Gasteiger partial charge on any atom is 0.339 e. The van der Waals surface area contributed by atoms with Crippen LogP contribution in [0.4, 0.5) is 9.39 Å². The molecule has 0 radical (unpaired) electrons. The van der Waals surface area contributed by atoms with Crippen molar-refractivity contribution in [3.8, 4) is 11.1 Å². The minimum absolute atomic E-state index is 0.0396. The number of benzene rings is 2. The highest BCUT2D eigenvalue weighted by molar-refractivity contribution is 7.15. The lowest BCUT2D eigenvalue weighted by molar-refractivity contribution is -0.115. The monoisotopic (exact) mass is 355 g/mol. The molecule has 0 bridgehead atoms. The third kappa shape index (κ3) is 3.92. The highest BCUT2D eigenvalue weighted by Gasteiger charge is 2.21. The van der Waals surface area contributed by atoms with Crippen molar-refractivity contribution in [3.05, 3.63) is 76.9 Å². The topological polar surface area (TPSA) is 66.4 Å². The fourth-order valence-electron chi connectivity index (χ4n) is 2.45. The van der Waals surface area contributed by atoms with Gasteiger partial charge in [0.1, 0.15) is 16.4 Å². The number of carbonyl (C=O) groups is 2. The highest BCUT2D eigenvalue weighted by atomic mass is 32.1. The summed E-state index contributed by atoms with van der Waals surface area (Å²) in [6.07, 6.45) is 0.0396. The Bertz CT molecular complexity index is 904. The van der Waals surface area contributed by atoms with Gasteiger partial charge in [0.15, 0.2) is 0 Å². The molecule has 4 nitrogen and oxygen atoms in total. The van der Waals surface area contributed by atoms with Crippen molar-refractivity contribution in [1.29, 1.82) is 0 Å². The maximum absolute atomic E-state index is 12.9. The SMILES string of the molecule is O=C(Cc1ccc(F)cc1)Nc1scc(-c2ccccc2)c1C(=O)O. The lowest BCUT2D eigenvalue weighted by atomic mass is 10.0. The molecule has 3 rings (SSSR count). The van der Waals surface area contributed by atoms with Crippen LogP contribution >= 0.6 is 11.3 Å². The number of thiophene rings is 1. The first-order valence-corrected chi connectivity index (χ1v) is 8.37. The molecule has 2 N–H and O–H groups in total. The number of nitrogens with one attached hydrogen (secondary N) is 1. The summed E-state index contributed by atoms with van der Waals surface area (Å²) in [6.45, 7) is 0. The number of aromatic carboxylic acids is 1. The van der Waals surface area contributed by atoms with Crippen LogP contribution in [-0.4, -0.2) is 17.0 Å². The lowest BCUT2D eigenvalue weighted by Gasteiger charge is -2.06. The van der Waals surface area contributed by atoms with Gasteiger partial charge in [-0.05, 0) is 23.3 Å². The summed E-state index contributed by atoms with van der Waals surface area (Å²) in [5, 5.41) is 14.2. The van der Waals surface area contributed by atoms with Gasteiger partial charge in [0.05, 0.1) is 6.42 Å². The van der Waals surface area contributed by atoms with Gasteiger partial charge in [-0.15, -0.1) is 11.3 Å². The zero-order valence-corrected chi connectivity index (χ0v) is 13.8. The predicted molar refractivity (Wildman–Crippen MR) is 95.4 cm³/mol. The number of rotatable bonds is 5. The van der Waals surface area contributed by atoms with Gasteiger partial charge in [0, 0.05) is 10.9 Å². The first-order valence-electron chi connectivity index (χ1n) is 7.49. The molecule has 0 saturated carbocycles. The smallest absolute Gasteiger partial charge is 0.339 e. The van der Waals surface area contributed by atoms with Crippen LogP contribution in [0.2, 0.25) is 0 Å². The second-order valence-corrected chi connectivity index (χ2v) is 6.26. The van der Waals surface area contributed by atoms with Gasteiger partial charge >= 0.3 is 5.97 Å². The molecule has 0 aliphatic carbocycles. The molecule has 2 aromatic carbocycles. The first-order chi connectivity index (χ1) is 12.0.